The van der Waals surface area contributed by atoms with Gasteiger partial charge in [0.05, 0.1) is 13.2 Å². The van der Waals surface area contributed by atoms with Crippen LogP contribution in [0.25, 0.3) is 0 Å². The molecule has 26 heavy (non-hydrogen) atoms. The maximum absolute atomic E-state index is 12.3. The third-order valence-electron chi connectivity index (χ3n) is 5.07. The van der Waals surface area contributed by atoms with E-state index in [0.29, 0.717) is 19.8 Å². The van der Waals surface area contributed by atoms with Crippen molar-refractivity contribution in [3.63, 3.8) is 0 Å². The van der Waals surface area contributed by atoms with E-state index in [2.05, 4.69) is 40.8 Å². The minimum atomic E-state index is -1.73. The Balaban J connectivity index is 2.35. The van der Waals surface area contributed by atoms with Gasteiger partial charge in [-0.3, -0.25) is 4.79 Å². The summed E-state index contributed by atoms with van der Waals surface area (Å²) >= 11 is 0. The summed E-state index contributed by atoms with van der Waals surface area (Å²) in [6, 6.07) is 10.0. The van der Waals surface area contributed by atoms with Crippen molar-refractivity contribution in [1.82, 2.24) is 0 Å². The Hall–Kier alpha value is -1.23. The minimum Gasteiger partial charge on any atom is -0.416 e. The van der Waals surface area contributed by atoms with E-state index in [-0.39, 0.29) is 22.7 Å². The Kier molecular flexibility index (Phi) is 8.94. The molecular formula is C22H36O3Si. The molecule has 3 nitrogen and oxygen atoms in total. The monoisotopic (exact) mass is 376 g/mol. The second kappa shape index (κ2) is 10.2. The molecule has 4 heteroatoms. The third kappa shape index (κ3) is 7.98. The lowest BCUT2D eigenvalue weighted by Gasteiger charge is -2.36. The van der Waals surface area contributed by atoms with Crippen molar-refractivity contribution in [2.45, 2.75) is 59.4 Å². The smallest absolute Gasteiger partial charge is 0.192 e. The number of hydrogen-bond acceptors (Lipinski definition) is 3. The van der Waals surface area contributed by atoms with E-state index in [9.17, 15) is 4.79 Å². The van der Waals surface area contributed by atoms with Gasteiger partial charge < -0.3 is 9.16 Å². The number of carbonyl (C=O) groups excluding carboxylic acids is 1. The average Bonchev–Trinajstić information content (AvgIpc) is 2.57. The van der Waals surface area contributed by atoms with Crippen LogP contribution in [0.2, 0.25) is 18.1 Å². The Bertz CT molecular complexity index is 573. The van der Waals surface area contributed by atoms with Gasteiger partial charge in [-0.1, -0.05) is 71.0 Å². The Morgan fingerprint density at radius 1 is 1.12 bits per heavy atom. The van der Waals surface area contributed by atoms with Gasteiger partial charge in [-0.25, -0.2) is 0 Å². The molecule has 0 fully saturated rings. The molecule has 0 heterocycles. The van der Waals surface area contributed by atoms with Gasteiger partial charge in [0, 0.05) is 12.5 Å². The average molecular weight is 377 g/mol. The number of ether oxygens (including phenoxy) is 1. The fraction of sp³-hybridized carbons (Fsp3) is 0.591. The van der Waals surface area contributed by atoms with Crippen LogP contribution in [0.15, 0.2) is 42.5 Å². The molecule has 0 aliphatic heterocycles. The van der Waals surface area contributed by atoms with Gasteiger partial charge in [-0.05, 0) is 35.7 Å². The molecule has 0 radical (unpaired) electrons. The number of rotatable bonds is 10. The summed E-state index contributed by atoms with van der Waals surface area (Å²) in [5, 5.41) is 0.205. The van der Waals surface area contributed by atoms with Crippen LogP contribution in [0.1, 0.15) is 40.2 Å². The Morgan fingerprint density at radius 3 is 2.31 bits per heavy atom. The number of hydrogen-bond donors (Lipinski definition) is 0. The lowest BCUT2D eigenvalue weighted by molar-refractivity contribution is -0.119. The molecule has 146 valence electrons. The summed E-state index contributed by atoms with van der Waals surface area (Å²) in [6.45, 7) is 16.9. The standard InChI is InChI=1S/C22H36O3Si/c1-18(15-25-26(6,7)22(3,4)5)13-14-21(23)19(2)16-24-17-20-11-9-8-10-12-20/h8-14,18-19H,15-17H2,1-7H3/b14-13+/t18-,19+/m0/s1. The molecule has 2 atom stereocenters. The van der Waals surface area contributed by atoms with Gasteiger partial charge in [-0.2, -0.15) is 0 Å². The van der Waals surface area contributed by atoms with Crippen LogP contribution >= 0.6 is 0 Å². The topological polar surface area (TPSA) is 35.5 Å². The number of ketones is 1. The second-order valence-electron chi connectivity index (χ2n) is 8.71. The quantitative estimate of drug-likeness (QED) is 0.392. The molecule has 1 rings (SSSR count). The molecule has 0 bridgehead atoms. The fourth-order valence-electron chi connectivity index (χ4n) is 2.05. The number of carbonyl (C=O) groups is 1. The summed E-state index contributed by atoms with van der Waals surface area (Å²) in [4.78, 5) is 12.3. The van der Waals surface area contributed by atoms with E-state index in [1.807, 2.05) is 43.3 Å². The second-order valence-corrected chi connectivity index (χ2v) is 13.5. The Labute approximate surface area is 160 Å². The zero-order chi connectivity index (χ0) is 19.8. The van der Waals surface area contributed by atoms with Gasteiger partial charge in [0.1, 0.15) is 0 Å². The van der Waals surface area contributed by atoms with Gasteiger partial charge >= 0.3 is 0 Å². The molecule has 0 N–H and O–H groups in total. The maximum Gasteiger partial charge on any atom is 0.192 e. The maximum atomic E-state index is 12.3. The summed E-state index contributed by atoms with van der Waals surface area (Å²) < 4.78 is 11.9. The van der Waals surface area contributed by atoms with Crippen LogP contribution < -0.4 is 0 Å². The van der Waals surface area contributed by atoms with Crippen LogP contribution in [-0.4, -0.2) is 27.3 Å². The zero-order valence-electron chi connectivity index (χ0n) is 17.5. The van der Waals surface area contributed by atoms with E-state index >= 15 is 0 Å². The SMILES string of the molecule is C[C@H](COCc1ccccc1)C(=O)/C=C/[C@H](C)CO[Si](C)(C)C(C)(C)C. The molecule has 0 unspecified atom stereocenters. The largest absolute Gasteiger partial charge is 0.416 e. The van der Waals surface area contributed by atoms with Crippen molar-refractivity contribution >= 4 is 14.1 Å². The first-order valence-electron chi connectivity index (χ1n) is 9.50. The van der Waals surface area contributed by atoms with Gasteiger partial charge in [0.2, 0.25) is 0 Å². The van der Waals surface area contributed by atoms with Crippen LogP contribution in [-0.2, 0) is 20.6 Å². The minimum absolute atomic E-state index is 0.109. The summed E-state index contributed by atoms with van der Waals surface area (Å²) in [5.41, 5.74) is 1.12. The molecule has 0 amide bonds. The van der Waals surface area contributed by atoms with Crippen LogP contribution in [0, 0.1) is 11.8 Å². The van der Waals surface area contributed by atoms with E-state index in [0.717, 1.165) is 5.56 Å². The first-order valence-corrected chi connectivity index (χ1v) is 12.4. The molecule has 0 aliphatic rings. The van der Waals surface area contributed by atoms with Gasteiger partial charge in [0.25, 0.3) is 0 Å². The van der Waals surface area contributed by atoms with E-state index in [1.54, 1.807) is 6.08 Å². The zero-order valence-corrected chi connectivity index (χ0v) is 18.5. The first kappa shape index (κ1) is 22.8. The van der Waals surface area contributed by atoms with E-state index < -0.39 is 8.32 Å². The predicted molar refractivity (Wildman–Crippen MR) is 112 cm³/mol. The molecule has 0 aliphatic carbocycles. The van der Waals surface area contributed by atoms with Crippen molar-refractivity contribution in [3.05, 3.63) is 48.0 Å². The molecule has 0 saturated heterocycles. The summed E-state index contributed by atoms with van der Waals surface area (Å²) in [5.74, 6) is 0.200. The molecule has 1 aromatic carbocycles. The van der Waals surface area contributed by atoms with Crippen molar-refractivity contribution in [1.29, 1.82) is 0 Å². The highest BCUT2D eigenvalue weighted by molar-refractivity contribution is 6.74. The van der Waals surface area contributed by atoms with E-state index in [1.165, 1.54) is 0 Å². The van der Waals surface area contributed by atoms with Crippen LogP contribution in [0.3, 0.4) is 0 Å². The summed E-state index contributed by atoms with van der Waals surface area (Å²) in [6.07, 6.45) is 3.65. The lowest BCUT2D eigenvalue weighted by Crippen LogP contribution is -2.41. The third-order valence-corrected chi connectivity index (χ3v) is 9.57. The lowest BCUT2D eigenvalue weighted by atomic mass is 10.1. The number of benzene rings is 1. The molecule has 0 saturated carbocycles. The molecule has 1 aromatic rings. The van der Waals surface area contributed by atoms with Crippen LogP contribution in [0.5, 0.6) is 0 Å². The molecular weight excluding hydrogens is 340 g/mol. The van der Waals surface area contributed by atoms with Crippen molar-refractivity contribution in [2.75, 3.05) is 13.2 Å². The van der Waals surface area contributed by atoms with Crippen molar-refractivity contribution in [2.24, 2.45) is 11.8 Å². The highest BCUT2D eigenvalue weighted by Gasteiger charge is 2.37. The highest BCUT2D eigenvalue weighted by atomic mass is 28.4. The van der Waals surface area contributed by atoms with Gasteiger partial charge in [-0.15, -0.1) is 0 Å². The van der Waals surface area contributed by atoms with Crippen molar-refractivity contribution in [3.8, 4) is 0 Å². The molecule has 0 spiro atoms. The summed E-state index contributed by atoms with van der Waals surface area (Å²) in [7, 11) is -1.73. The van der Waals surface area contributed by atoms with E-state index in [4.69, 9.17) is 9.16 Å². The predicted octanol–water partition coefficient (Wildman–Crippen LogP) is 5.62. The molecule has 0 aromatic heterocycles. The van der Waals surface area contributed by atoms with Crippen LogP contribution in [0.4, 0.5) is 0 Å². The Morgan fingerprint density at radius 2 is 1.73 bits per heavy atom. The number of allylic oxidation sites excluding steroid dienone is 1. The normalized spacial score (nSPS) is 15.2. The first-order chi connectivity index (χ1) is 12.0. The fourth-order valence-corrected chi connectivity index (χ4v) is 3.16. The highest BCUT2D eigenvalue weighted by Crippen LogP contribution is 2.36. The van der Waals surface area contributed by atoms with Gasteiger partial charge in [0.15, 0.2) is 14.1 Å². The van der Waals surface area contributed by atoms with Crippen molar-refractivity contribution < 1.29 is 14.0 Å².